The number of rotatable bonds is 5. The van der Waals surface area contributed by atoms with Crippen molar-refractivity contribution in [2.75, 3.05) is 13.2 Å². The SMILES string of the molecule is Cn1nnc2c1C(COCc1ccccc1)CN(C(=O)C1CCC1)C2. The monoisotopic (exact) mass is 340 g/mol. The summed E-state index contributed by atoms with van der Waals surface area (Å²) in [6.07, 6.45) is 3.22. The summed E-state index contributed by atoms with van der Waals surface area (Å²) in [4.78, 5) is 14.6. The molecular weight excluding hydrogens is 316 g/mol. The van der Waals surface area contributed by atoms with E-state index in [9.17, 15) is 4.79 Å². The Kier molecular flexibility index (Phi) is 4.53. The standard InChI is InChI=1S/C19H24N4O2/c1-22-18-16(13-25-12-14-6-3-2-4-7-14)10-23(11-17(18)20-21-22)19(24)15-8-5-9-15/h2-4,6-7,15-16H,5,8-13H2,1H3. The summed E-state index contributed by atoms with van der Waals surface area (Å²) in [5.41, 5.74) is 3.17. The molecule has 0 saturated heterocycles. The zero-order valence-electron chi connectivity index (χ0n) is 14.6. The molecule has 0 spiro atoms. The van der Waals surface area contributed by atoms with Crippen molar-refractivity contribution in [1.82, 2.24) is 19.9 Å². The van der Waals surface area contributed by atoms with Gasteiger partial charge in [0.25, 0.3) is 0 Å². The van der Waals surface area contributed by atoms with Gasteiger partial charge in [0.15, 0.2) is 0 Å². The number of aromatic nitrogens is 3. The summed E-state index contributed by atoms with van der Waals surface area (Å²) >= 11 is 0. The maximum Gasteiger partial charge on any atom is 0.226 e. The first kappa shape index (κ1) is 16.3. The number of carbonyl (C=O) groups is 1. The van der Waals surface area contributed by atoms with Gasteiger partial charge in [-0.25, -0.2) is 0 Å². The Labute approximate surface area is 147 Å². The molecule has 25 heavy (non-hydrogen) atoms. The molecule has 6 heteroatoms. The van der Waals surface area contributed by atoms with E-state index in [0.717, 1.165) is 29.8 Å². The van der Waals surface area contributed by atoms with E-state index in [1.165, 1.54) is 6.42 Å². The minimum atomic E-state index is 0.122. The third-order valence-electron chi connectivity index (χ3n) is 5.31. The second-order valence-electron chi connectivity index (χ2n) is 7.09. The minimum absolute atomic E-state index is 0.122. The quantitative estimate of drug-likeness (QED) is 0.838. The molecule has 2 aromatic rings. The van der Waals surface area contributed by atoms with E-state index >= 15 is 0 Å². The number of nitrogens with zero attached hydrogens (tertiary/aromatic N) is 4. The van der Waals surface area contributed by atoms with Crippen molar-refractivity contribution in [3.8, 4) is 0 Å². The molecule has 1 aromatic heterocycles. The summed E-state index contributed by atoms with van der Waals surface area (Å²) in [5.74, 6) is 0.608. The van der Waals surface area contributed by atoms with Gasteiger partial charge < -0.3 is 9.64 Å². The number of hydrogen-bond acceptors (Lipinski definition) is 4. The van der Waals surface area contributed by atoms with Gasteiger partial charge in [-0.2, -0.15) is 0 Å². The van der Waals surface area contributed by atoms with Crippen molar-refractivity contribution in [2.45, 2.75) is 38.3 Å². The highest BCUT2D eigenvalue weighted by atomic mass is 16.5. The zero-order chi connectivity index (χ0) is 17.2. The Balaban J connectivity index is 1.45. The van der Waals surface area contributed by atoms with Crippen LogP contribution < -0.4 is 0 Å². The molecule has 1 aromatic carbocycles. The molecule has 2 heterocycles. The molecule has 4 rings (SSSR count). The van der Waals surface area contributed by atoms with Crippen molar-refractivity contribution in [3.63, 3.8) is 0 Å². The summed E-state index contributed by atoms with van der Waals surface area (Å²) in [7, 11) is 1.92. The van der Waals surface area contributed by atoms with Crippen LogP contribution in [-0.2, 0) is 29.7 Å². The fourth-order valence-corrected chi connectivity index (χ4v) is 3.72. The van der Waals surface area contributed by atoms with Gasteiger partial charge in [0.05, 0.1) is 25.5 Å². The number of hydrogen-bond donors (Lipinski definition) is 0. The highest BCUT2D eigenvalue weighted by Gasteiger charge is 2.36. The van der Waals surface area contributed by atoms with E-state index in [-0.39, 0.29) is 17.7 Å². The number of carbonyl (C=O) groups excluding carboxylic acids is 1. The Hall–Kier alpha value is -2.21. The molecule has 1 saturated carbocycles. The van der Waals surface area contributed by atoms with Crippen LogP contribution in [0.15, 0.2) is 30.3 Å². The first-order valence-electron chi connectivity index (χ1n) is 9.01. The Morgan fingerprint density at radius 3 is 2.80 bits per heavy atom. The number of fused-ring (bicyclic) bond motifs is 1. The molecule has 1 aliphatic carbocycles. The van der Waals surface area contributed by atoms with Crippen molar-refractivity contribution in [1.29, 1.82) is 0 Å². The van der Waals surface area contributed by atoms with Gasteiger partial charge in [-0.1, -0.05) is 42.0 Å². The van der Waals surface area contributed by atoms with Crippen molar-refractivity contribution < 1.29 is 9.53 Å². The average Bonchev–Trinajstić information content (AvgIpc) is 2.95. The van der Waals surface area contributed by atoms with Gasteiger partial charge in [0.2, 0.25) is 5.91 Å². The highest BCUT2D eigenvalue weighted by Crippen LogP contribution is 2.33. The number of amides is 1. The summed E-state index contributed by atoms with van der Waals surface area (Å²) < 4.78 is 7.79. The van der Waals surface area contributed by atoms with E-state index < -0.39 is 0 Å². The zero-order valence-corrected chi connectivity index (χ0v) is 14.6. The lowest BCUT2D eigenvalue weighted by atomic mass is 9.83. The lowest BCUT2D eigenvalue weighted by Crippen LogP contribution is -2.44. The molecule has 0 N–H and O–H groups in total. The van der Waals surface area contributed by atoms with Crippen LogP contribution in [0, 0.1) is 5.92 Å². The van der Waals surface area contributed by atoms with Gasteiger partial charge >= 0.3 is 0 Å². The van der Waals surface area contributed by atoms with E-state index in [2.05, 4.69) is 22.4 Å². The molecule has 0 radical (unpaired) electrons. The fourth-order valence-electron chi connectivity index (χ4n) is 3.72. The van der Waals surface area contributed by atoms with Crippen LogP contribution in [0.1, 0.15) is 42.1 Å². The molecule has 0 bridgehead atoms. The average molecular weight is 340 g/mol. The molecule has 1 amide bonds. The minimum Gasteiger partial charge on any atom is -0.376 e. The molecule has 1 fully saturated rings. The van der Waals surface area contributed by atoms with E-state index in [4.69, 9.17) is 4.74 Å². The van der Waals surface area contributed by atoms with Crippen LogP contribution >= 0.6 is 0 Å². The van der Waals surface area contributed by atoms with Crippen LogP contribution in [0.4, 0.5) is 0 Å². The van der Waals surface area contributed by atoms with Crippen molar-refractivity contribution in [2.24, 2.45) is 13.0 Å². The maximum atomic E-state index is 12.7. The number of benzene rings is 1. The summed E-state index contributed by atoms with van der Waals surface area (Å²) in [6, 6.07) is 10.2. The third kappa shape index (κ3) is 3.31. The molecule has 1 unspecified atom stereocenters. The van der Waals surface area contributed by atoms with Crippen molar-refractivity contribution in [3.05, 3.63) is 47.3 Å². The van der Waals surface area contributed by atoms with E-state index in [1.807, 2.05) is 34.8 Å². The largest absolute Gasteiger partial charge is 0.376 e. The summed E-state index contributed by atoms with van der Waals surface area (Å²) in [5, 5.41) is 8.43. The van der Waals surface area contributed by atoms with E-state index in [1.54, 1.807) is 0 Å². The third-order valence-corrected chi connectivity index (χ3v) is 5.31. The molecule has 132 valence electrons. The molecule has 2 aliphatic rings. The smallest absolute Gasteiger partial charge is 0.226 e. The first-order chi connectivity index (χ1) is 12.2. The Morgan fingerprint density at radius 2 is 2.08 bits per heavy atom. The normalized spacial score (nSPS) is 20.2. The second-order valence-corrected chi connectivity index (χ2v) is 7.09. The predicted octanol–water partition coefficient (Wildman–Crippen LogP) is 2.26. The molecular formula is C19H24N4O2. The summed E-state index contributed by atoms with van der Waals surface area (Å²) in [6.45, 7) is 2.41. The first-order valence-corrected chi connectivity index (χ1v) is 9.01. The molecule has 1 atom stereocenters. The Bertz CT molecular complexity index is 739. The lowest BCUT2D eigenvalue weighted by molar-refractivity contribution is -0.139. The maximum absolute atomic E-state index is 12.7. The Morgan fingerprint density at radius 1 is 1.28 bits per heavy atom. The fraction of sp³-hybridized carbons (Fsp3) is 0.526. The molecule has 1 aliphatic heterocycles. The van der Waals surface area contributed by atoms with Crippen LogP contribution in [0.5, 0.6) is 0 Å². The second kappa shape index (κ2) is 6.96. The highest BCUT2D eigenvalue weighted by molar-refractivity contribution is 5.79. The van der Waals surface area contributed by atoms with Gasteiger partial charge in [0.1, 0.15) is 5.69 Å². The number of ether oxygens (including phenoxy) is 1. The van der Waals surface area contributed by atoms with Gasteiger partial charge in [-0.05, 0) is 18.4 Å². The molecule has 6 nitrogen and oxygen atoms in total. The van der Waals surface area contributed by atoms with Crippen LogP contribution in [0.3, 0.4) is 0 Å². The lowest BCUT2D eigenvalue weighted by Gasteiger charge is -2.36. The van der Waals surface area contributed by atoms with Crippen LogP contribution in [-0.4, -0.2) is 39.0 Å². The van der Waals surface area contributed by atoms with E-state index in [0.29, 0.717) is 26.3 Å². The van der Waals surface area contributed by atoms with Gasteiger partial charge in [-0.15, -0.1) is 5.10 Å². The van der Waals surface area contributed by atoms with Gasteiger partial charge in [0, 0.05) is 25.4 Å². The van der Waals surface area contributed by atoms with Gasteiger partial charge in [-0.3, -0.25) is 9.48 Å². The predicted molar refractivity (Wildman–Crippen MR) is 92.6 cm³/mol. The topological polar surface area (TPSA) is 60.2 Å². The van der Waals surface area contributed by atoms with Crippen LogP contribution in [0.2, 0.25) is 0 Å². The van der Waals surface area contributed by atoms with Crippen molar-refractivity contribution >= 4 is 5.91 Å². The van der Waals surface area contributed by atoms with Crippen LogP contribution in [0.25, 0.3) is 0 Å². The number of aryl methyl sites for hydroxylation is 1.